The van der Waals surface area contributed by atoms with Gasteiger partial charge in [-0.1, -0.05) is 6.07 Å². The highest BCUT2D eigenvalue weighted by molar-refractivity contribution is 6.25. The molecule has 0 spiro atoms. The summed E-state index contributed by atoms with van der Waals surface area (Å²) in [6.45, 7) is 7.21. The molecule has 17 heteroatoms. The molecule has 0 aliphatic carbocycles. The third kappa shape index (κ3) is 6.22. The topological polar surface area (TPSA) is 219 Å². The number of aryl methyl sites for hydroxylation is 1. The van der Waals surface area contributed by atoms with Crippen LogP contribution < -0.4 is 21.3 Å². The number of benzene rings is 2. The number of aromatic nitrogens is 4. The molecule has 6 heterocycles. The summed E-state index contributed by atoms with van der Waals surface area (Å²) in [5, 5.41) is 13.7. The summed E-state index contributed by atoms with van der Waals surface area (Å²) in [6.07, 6.45) is 3.01. The van der Waals surface area contributed by atoms with Crippen molar-refractivity contribution >= 4 is 52.7 Å². The van der Waals surface area contributed by atoms with E-state index >= 15 is 0 Å². The number of nitrogens with zero attached hydrogens (tertiary/aromatic N) is 7. The molecule has 4 aromatic rings. The minimum atomic E-state index is -1.01. The third-order valence-corrected chi connectivity index (χ3v) is 10.0. The summed E-state index contributed by atoms with van der Waals surface area (Å²) in [6, 6.07) is 9.47. The maximum absolute atomic E-state index is 13.5. The molecule has 2 aromatic carbocycles. The Kier molecular flexibility index (Phi) is 8.36. The molecule has 1 atom stereocenters. The highest BCUT2D eigenvalue weighted by atomic mass is 16.6. The molecule has 4 N–H and O–H groups in total. The number of carbonyl (C=O) groups excluding carboxylic acids is 5. The number of piperazine rings is 1. The van der Waals surface area contributed by atoms with Gasteiger partial charge in [0.05, 0.1) is 27.9 Å². The highest BCUT2D eigenvalue weighted by Gasteiger charge is 2.46. The molecule has 2 fully saturated rings. The van der Waals surface area contributed by atoms with Crippen molar-refractivity contribution in [3.8, 4) is 11.5 Å². The summed E-state index contributed by atoms with van der Waals surface area (Å²) >= 11 is 0. The Morgan fingerprint density at radius 3 is 2.57 bits per heavy atom. The molecule has 8 rings (SSSR count). The lowest BCUT2D eigenvalue weighted by Crippen LogP contribution is -2.54. The fraction of sp³-hybridized carbons (Fsp3) is 0.361. The average molecular weight is 721 g/mol. The molecule has 0 saturated carbocycles. The van der Waals surface area contributed by atoms with Gasteiger partial charge in [0.25, 0.3) is 17.7 Å². The van der Waals surface area contributed by atoms with Gasteiger partial charge in [-0.15, -0.1) is 10.2 Å². The second kappa shape index (κ2) is 13.1. The van der Waals surface area contributed by atoms with E-state index < -0.39 is 35.3 Å². The van der Waals surface area contributed by atoms with Gasteiger partial charge in [-0.3, -0.25) is 34.3 Å². The second-order valence-electron chi connectivity index (χ2n) is 13.9. The Hall–Kier alpha value is -6.23. The standard InChI is InChI=1S/C36H36N10O7/c1-36(2)23-17-19(8-9-20(23)34(51)53-36)39-35-38-18-22(29(37)41-35)31-43-42-27(52-31)7-4-12-44-13-15-45(16-14-44)24-6-3-5-21-28(24)33(50)46(32(21)49)25-10-11-26(47)40-30(25)48/h3,5-6,8-9,17-18,25H,4,7,10-16H2,1-2H3,(H,40,47,48)(H3,37,38,39,41). The minimum Gasteiger partial charge on any atom is -0.451 e. The van der Waals surface area contributed by atoms with Crippen molar-refractivity contribution in [2.45, 2.75) is 51.2 Å². The van der Waals surface area contributed by atoms with Crippen LogP contribution in [0.15, 0.2) is 47.0 Å². The fourth-order valence-electron chi connectivity index (χ4n) is 7.28. The van der Waals surface area contributed by atoms with Crippen LogP contribution in [0.5, 0.6) is 0 Å². The molecule has 1 unspecified atom stereocenters. The third-order valence-electron chi connectivity index (χ3n) is 10.0. The van der Waals surface area contributed by atoms with Crippen LogP contribution in [0.2, 0.25) is 0 Å². The van der Waals surface area contributed by atoms with E-state index in [0.29, 0.717) is 53.5 Å². The molecule has 4 aliphatic rings. The Bertz CT molecular complexity index is 2190. The van der Waals surface area contributed by atoms with Crippen LogP contribution >= 0.6 is 0 Å². The number of ether oxygens (including phenoxy) is 1. The van der Waals surface area contributed by atoms with Gasteiger partial charge in [-0.05, 0) is 63.6 Å². The van der Waals surface area contributed by atoms with Gasteiger partial charge in [-0.2, -0.15) is 4.98 Å². The van der Waals surface area contributed by atoms with Crippen LogP contribution in [0.3, 0.4) is 0 Å². The van der Waals surface area contributed by atoms with Crippen LogP contribution in [0, 0.1) is 0 Å². The number of esters is 1. The highest BCUT2D eigenvalue weighted by Crippen LogP contribution is 2.38. The monoisotopic (exact) mass is 720 g/mol. The fourth-order valence-corrected chi connectivity index (χ4v) is 7.28. The number of rotatable bonds is 9. The van der Waals surface area contributed by atoms with Gasteiger partial charge in [0.15, 0.2) is 0 Å². The Labute approximate surface area is 302 Å². The smallest absolute Gasteiger partial charge is 0.339 e. The molecule has 2 saturated heterocycles. The zero-order chi connectivity index (χ0) is 37.0. The molecule has 272 valence electrons. The van der Waals surface area contributed by atoms with Gasteiger partial charge in [0, 0.05) is 56.5 Å². The van der Waals surface area contributed by atoms with E-state index in [1.165, 1.54) is 6.20 Å². The lowest BCUT2D eigenvalue weighted by atomic mass is 9.95. The van der Waals surface area contributed by atoms with Crippen molar-refractivity contribution in [3.05, 3.63) is 70.7 Å². The lowest BCUT2D eigenvalue weighted by Gasteiger charge is -2.36. The Morgan fingerprint density at radius 2 is 1.79 bits per heavy atom. The number of amides is 4. The van der Waals surface area contributed by atoms with Crippen molar-refractivity contribution < 1.29 is 33.1 Å². The van der Waals surface area contributed by atoms with E-state index in [2.05, 4.69) is 40.6 Å². The van der Waals surface area contributed by atoms with Crippen molar-refractivity contribution in [1.29, 1.82) is 0 Å². The lowest BCUT2D eigenvalue weighted by molar-refractivity contribution is -0.136. The van der Waals surface area contributed by atoms with Gasteiger partial charge in [0.1, 0.15) is 17.5 Å². The molecule has 2 aromatic heterocycles. The van der Waals surface area contributed by atoms with E-state index in [0.717, 1.165) is 36.5 Å². The minimum absolute atomic E-state index is 0.0706. The van der Waals surface area contributed by atoms with Crippen molar-refractivity contribution in [3.63, 3.8) is 0 Å². The zero-order valence-electron chi connectivity index (χ0n) is 29.0. The maximum Gasteiger partial charge on any atom is 0.339 e. The number of fused-ring (bicyclic) bond motifs is 2. The molecule has 17 nitrogen and oxygen atoms in total. The number of nitrogens with one attached hydrogen (secondary N) is 2. The largest absolute Gasteiger partial charge is 0.451 e. The summed E-state index contributed by atoms with van der Waals surface area (Å²) in [5.41, 5.74) is 9.14. The number of nitrogen functional groups attached to an aromatic ring is 1. The number of cyclic esters (lactones) is 1. The quantitative estimate of drug-likeness (QED) is 0.167. The number of nitrogens with two attached hydrogens (primary N) is 1. The van der Waals surface area contributed by atoms with Crippen LogP contribution in [0.25, 0.3) is 11.5 Å². The van der Waals surface area contributed by atoms with Gasteiger partial charge < -0.3 is 25.1 Å². The molecular weight excluding hydrogens is 684 g/mol. The van der Waals surface area contributed by atoms with E-state index in [-0.39, 0.29) is 42.0 Å². The molecule has 0 radical (unpaired) electrons. The van der Waals surface area contributed by atoms with Crippen LogP contribution in [-0.4, -0.2) is 98.3 Å². The Balaban J connectivity index is 0.841. The van der Waals surface area contributed by atoms with E-state index in [4.69, 9.17) is 14.9 Å². The van der Waals surface area contributed by atoms with Crippen molar-refractivity contribution in [2.24, 2.45) is 0 Å². The molecule has 0 bridgehead atoms. The number of imide groups is 2. The zero-order valence-corrected chi connectivity index (χ0v) is 29.0. The van der Waals surface area contributed by atoms with Crippen molar-refractivity contribution in [1.82, 2.24) is 35.3 Å². The second-order valence-corrected chi connectivity index (χ2v) is 13.9. The van der Waals surface area contributed by atoms with Crippen LogP contribution in [-0.2, 0) is 26.3 Å². The summed E-state index contributed by atoms with van der Waals surface area (Å²) < 4.78 is 11.3. The van der Waals surface area contributed by atoms with Gasteiger partial charge in [-0.25, -0.2) is 9.78 Å². The molecular formula is C36H36N10O7. The van der Waals surface area contributed by atoms with E-state index in [1.54, 1.807) is 24.3 Å². The SMILES string of the molecule is CC1(C)OC(=O)c2ccc(Nc3ncc(-c4nnc(CCCN5CCN(c6cccc7c6C(=O)N(C6CCC(=O)NC6=O)C7=O)CC5)o4)c(N)n3)cc21. The maximum atomic E-state index is 13.5. The van der Waals surface area contributed by atoms with Crippen LogP contribution in [0.4, 0.5) is 23.1 Å². The molecule has 4 aliphatic heterocycles. The summed E-state index contributed by atoms with van der Waals surface area (Å²) in [4.78, 5) is 77.2. The normalized spacial score (nSPS) is 19.7. The number of piperidine rings is 1. The summed E-state index contributed by atoms with van der Waals surface area (Å²) in [5.74, 6) is -1.31. The average Bonchev–Trinajstić information content (AvgIpc) is 3.77. The number of carbonyl (C=O) groups is 5. The number of anilines is 4. The Morgan fingerprint density at radius 1 is 0.981 bits per heavy atom. The number of hydrogen-bond donors (Lipinski definition) is 3. The first-order chi connectivity index (χ1) is 25.5. The predicted octanol–water partition coefficient (Wildman–Crippen LogP) is 2.41. The van der Waals surface area contributed by atoms with Crippen molar-refractivity contribution in [2.75, 3.05) is 48.7 Å². The van der Waals surface area contributed by atoms with Gasteiger partial charge in [0.2, 0.25) is 23.7 Å². The first kappa shape index (κ1) is 33.9. The molecule has 4 amide bonds. The van der Waals surface area contributed by atoms with Crippen LogP contribution in [0.1, 0.15) is 75.6 Å². The summed E-state index contributed by atoms with van der Waals surface area (Å²) in [7, 11) is 0. The van der Waals surface area contributed by atoms with E-state index in [9.17, 15) is 24.0 Å². The predicted molar refractivity (Wildman–Crippen MR) is 188 cm³/mol. The molecule has 53 heavy (non-hydrogen) atoms. The first-order valence-corrected chi connectivity index (χ1v) is 17.4. The first-order valence-electron chi connectivity index (χ1n) is 17.4. The van der Waals surface area contributed by atoms with Gasteiger partial charge >= 0.3 is 5.97 Å². The number of hydrogen-bond acceptors (Lipinski definition) is 15. The van der Waals surface area contributed by atoms with E-state index in [1.807, 2.05) is 26.0 Å².